The number of anilines is 1. The van der Waals surface area contributed by atoms with E-state index in [4.69, 9.17) is 19.6 Å². The van der Waals surface area contributed by atoms with Gasteiger partial charge in [0.25, 0.3) is 5.91 Å². The Bertz CT molecular complexity index is 1360. The second-order valence-electron chi connectivity index (χ2n) is 10.3. The highest BCUT2D eigenvalue weighted by molar-refractivity contribution is 14.1. The normalized spacial score (nSPS) is 15.2. The number of rotatable bonds is 8. The number of carboxylic acids is 1. The van der Waals surface area contributed by atoms with E-state index in [-0.39, 0.29) is 11.3 Å². The van der Waals surface area contributed by atoms with E-state index in [0.717, 1.165) is 36.1 Å². The van der Waals surface area contributed by atoms with E-state index < -0.39 is 12.6 Å². The summed E-state index contributed by atoms with van der Waals surface area (Å²) in [6.07, 6.45) is 4.53. The van der Waals surface area contributed by atoms with E-state index in [1.807, 2.05) is 36.4 Å². The molecule has 0 aliphatic heterocycles. The minimum atomic E-state index is -1.06. The van der Waals surface area contributed by atoms with Crippen molar-refractivity contribution in [3.8, 4) is 11.5 Å². The van der Waals surface area contributed by atoms with Crippen LogP contribution in [0.1, 0.15) is 53.6 Å². The molecule has 2 aromatic carbocycles. The highest BCUT2D eigenvalue weighted by Crippen LogP contribution is 2.45. The maximum Gasteiger partial charge on any atom is 0.341 e. The molecule has 1 aliphatic rings. The first kappa shape index (κ1) is 28.1. The Morgan fingerprint density at radius 2 is 1.97 bits per heavy atom. The minimum absolute atomic E-state index is 0.153. The van der Waals surface area contributed by atoms with E-state index in [9.17, 15) is 9.59 Å². The lowest BCUT2D eigenvalue weighted by molar-refractivity contribution is -0.139. The molecule has 1 aromatic heterocycles. The molecule has 1 heterocycles. The number of halogens is 1. The zero-order valence-electron chi connectivity index (χ0n) is 21.8. The van der Waals surface area contributed by atoms with Crippen LogP contribution >= 0.6 is 33.9 Å². The number of benzene rings is 2. The van der Waals surface area contributed by atoms with Crippen molar-refractivity contribution in [3.63, 3.8) is 0 Å². The lowest BCUT2D eigenvalue weighted by Gasteiger charge is -2.33. The van der Waals surface area contributed by atoms with Gasteiger partial charge in [-0.15, -0.1) is 11.3 Å². The van der Waals surface area contributed by atoms with Gasteiger partial charge in [-0.2, -0.15) is 0 Å². The van der Waals surface area contributed by atoms with Crippen molar-refractivity contribution < 1.29 is 24.2 Å². The molecule has 3 aromatic rings. The number of fused-ring (bicyclic) bond motifs is 1. The first-order valence-electron chi connectivity index (χ1n) is 12.3. The van der Waals surface area contributed by atoms with Crippen LogP contribution in [0.25, 0.3) is 0 Å². The van der Waals surface area contributed by atoms with Gasteiger partial charge in [-0.05, 0) is 88.6 Å². The highest BCUT2D eigenvalue weighted by atomic mass is 127. The Hall–Kier alpha value is -2.92. The molecule has 1 amide bonds. The second-order valence-corrected chi connectivity index (χ2v) is 12.5. The molecule has 2 N–H and O–H groups in total. The summed E-state index contributed by atoms with van der Waals surface area (Å²) in [4.78, 5) is 30.5. The lowest BCUT2D eigenvalue weighted by atomic mass is 9.72. The van der Waals surface area contributed by atoms with Crippen molar-refractivity contribution in [1.82, 2.24) is 0 Å². The largest absolute Gasteiger partial charge is 0.493 e. The third-order valence-corrected chi connectivity index (χ3v) is 8.62. The molecule has 1 aliphatic carbocycles. The van der Waals surface area contributed by atoms with E-state index in [1.165, 1.54) is 12.0 Å². The first-order valence-corrected chi connectivity index (χ1v) is 14.2. The molecule has 0 saturated carbocycles. The summed E-state index contributed by atoms with van der Waals surface area (Å²) < 4.78 is 11.6. The summed E-state index contributed by atoms with van der Waals surface area (Å²) >= 11 is 3.67. The van der Waals surface area contributed by atoms with Crippen LogP contribution < -0.4 is 14.8 Å². The molecule has 9 heteroatoms. The Morgan fingerprint density at radius 3 is 2.63 bits per heavy atom. The molecule has 0 fully saturated rings. The van der Waals surface area contributed by atoms with Crippen molar-refractivity contribution in [1.29, 1.82) is 0 Å². The number of carbonyl (C=O) groups excluding carboxylic acids is 1. The monoisotopic (exact) mass is 646 g/mol. The van der Waals surface area contributed by atoms with Gasteiger partial charge >= 0.3 is 5.97 Å². The second kappa shape index (κ2) is 11.9. The Labute approximate surface area is 240 Å². The molecule has 1 atom stereocenters. The fourth-order valence-electron chi connectivity index (χ4n) is 4.57. The lowest BCUT2D eigenvalue weighted by Crippen LogP contribution is -2.27. The number of aliphatic carboxylic acids is 1. The molecule has 0 unspecified atom stereocenters. The maximum atomic E-state index is 13.5. The average molecular weight is 647 g/mol. The van der Waals surface area contributed by atoms with Gasteiger partial charge in [0.1, 0.15) is 5.00 Å². The van der Waals surface area contributed by atoms with Crippen LogP contribution in [-0.4, -0.2) is 36.9 Å². The number of carboxylic acid groups (broad SMARTS) is 1. The summed E-state index contributed by atoms with van der Waals surface area (Å²) in [5.74, 6) is 0.111. The van der Waals surface area contributed by atoms with Crippen molar-refractivity contribution in [2.24, 2.45) is 16.3 Å². The zero-order valence-corrected chi connectivity index (χ0v) is 24.8. The van der Waals surface area contributed by atoms with Gasteiger partial charge < -0.3 is 19.9 Å². The van der Waals surface area contributed by atoms with Crippen molar-refractivity contribution in [2.45, 2.75) is 40.0 Å². The van der Waals surface area contributed by atoms with Crippen molar-refractivity contribution in [3.05, 3.63) is 67.6 Å². The number of amides is 1. The quantitative estimate of drug-likeness (QED) is 0.203. The molecule has 0 bridgehead atoms. The number of nitrogens with one attached hydrogen (secondary N) is 1. The number of thiophene rings is 1. The predicted octanol–water partition coefficient (Wildman–Crippen LogP) is 6.98. The van der Waals surface area contributed by atoms with Crippen LogP contribution in [0.5, 0.6) is 11.5 Å². The van der Waals surface area contributed by atoms with Crippen LogP contribution in [0.3, 0.4) is 0 Å². The maximum absolute atomic E-state index is 13.5. The van der Waals surface area contributed by atoms with Gasteiger partial charge in [-0.25, -0.2) is 9.79 Å². The van der Waals surface area contributed by atoms with Crippen LogP contribution in [0.4, 0.5) is 10.7 Å². The minimum Gasteiger partial charge on any atom is -0.493 e. The molecule has 200 valence electrons. The van der Waals surface area contributed by atoms with Gasteiger partial charge in [0.2, 0.25) is 0 Å². The van der Waals surface area contributed by atoms with E-state index in [2.05, 4.69) is 48.7 Å². The summed E-state index contributed by atoms with van der Waals surface area (Å²) in [5, 5.41) is 12.7. The van der Waals surface area contributed by atoms with Gasteiger partial charge in [0, 0.05) is 16.8 Å². The third kappa shape index (κ3) is 6.55. The smallest absolute Gasteiger partial charge is 0.341 e. The van der Waals surface area contributed by atoms with Crippen LogP contribution in [0.2, 0.25) is 0 Å². The number of hydrogen-bond acceptors (Lipinski definition) is 6. The Balaban J connectivity index is 1.69. The number of methoxy groups -OCH3 is 1. The number of ether oxygens (including phenoxy) is 2. The molecule has 7 nitrogen and oxygen atoms in total. The molecule has 38 heavy (non-hydrogen) atoms. The van der Waals surface area contributed by atoms with Gasteiger partial charge in [0.05, 0.1) is 16.2 Å². The average Bonchev–Trinajstić information content (AvgIpc) is 3.24. The molecule has 0 radical (unpaired) electrons. The number of nitrogens with zero attached hydrogens (tertiary/aromatic N) is 1. The van der Waals surface area contributed by atoms with Crippen LogP contribution in [0.15, 0.2) is 47.5 Å². The fourth-order valence-corrected chi connectivity index (χ4v) is 6.62. The molecular formula is C29H31IN2O5S. The summed E-state index contributed by atoms with van der Waals surface area (Å²) in [6, 6.07) is 13.0. The summed E-state index contributed by atoms with van der Waals surface area (Å²) in [6.45, 7) is 6.36. The van der Waals surface area contributed by atoms with Crippen molar-refractivity contribution in [2.75, 3.05) is 19.0 Å². The molecule has 4 rings (SSSR count). The Morgan fingerprint density at radius 1 is 1.24 bits per heavy atom. The topological polar surface area (TPSA) is 97.2 Å². The zero-order chi connectivity index (χ0) is 27.4. The summed E-state index contributed by atoms with van der Waals surface area (Å²) in [5.41, 5.74) is 3.42. The molecule has 0 saturated heterocycles. The Kier molecular flexibility index (Phi) is 8.77. The van der Waals surface area contributed by atoms with E-state index >= 15 is 0 Å². The molecular weight excluding hydrogens is 615 g/mol. The third-order valence-electron chi connectivity index (χ3n) is 6.65. The van der Waals surface area contributed by atoms with Gasteiger partial charge in [-0.3, -0.25) is 4.79 Å². The number of aliphatic imine (C=N–C) groups is 1. The van der Waals surface area contributed by atoms with Crippen LogP contribution in [0, 0.1) is 14.9 Å². The van der Waals surface area contributed by atoms with Crippen LogP contribution in [-0.2, 0) is 17.6 Å². The van der Waals surface area contributed by atoms with E-state index in [0.29, 0.717) is 31.6 Å². The van der Waals surface area contributed by atoms with Crippen molar-refractivity contribution >= 4 is 62.7 Å². The number of carbonyl (C=O) groups is 2. The SMILES string of the molecule is COc1cc(C=Nc2sc3c(c2C(=O)Nc2ccccc2)CC[C@H](C(C)(C)C)C3)cc(I)c1OCC(=O)O. The van der Waals surface area contributed by atoms with E-state index in [1.54, 1.807) is 23.6 Å². The number of hydrogen-bond donors (Lipinski definition) is 2. The predicted molar refractivity (Wildman–Crippen MR) is 160 cm³/mol. The standard InChI is InChI=1S/C29H31IN2O5S/c1-29(2,3)18-10-11-20-23(14-18)38-28(25(20)27(35)32-19-8-6-5-7-9-19)31-15-17-12-21(30)26(22(13-17)36-4)37-16-24(33)34/h5-9,12-13,15,18H,10-11,14,16H2,1-4H3,(H,32,35)(H,33,34)/t18-/m0/s1. The molecule has 0 spiro atoms. The summed E-state index contributed by atoms with van der Waals surface area (Å²) in [7, 11) is 1.50. The highest BCUT2D eigenvalue weighted by Gasteiger charge is 2.33. The van der Waals surface area contributed by atoms with Gasteiger partial charge in [-0.1, -0.05) is 39.0 Å². The van der Waals surface area contributed by atoms with Gasteiger partial charge in [0.15, 0.2) is 18.1 Å². The number of para-hydroxylation sites is 1. The first-order chi connectivity index (χ1) is 18.1. The fraction of sp³-hybridized carbons (Fsp3) is 0.345.